The van der Waals surface area contributed by atoms with Crippen molar-refractivity contribution < 1.29 is 23.7 Å². The Balaban J connectivity index is 1.68. The first-order chi connectivity index (χ1) is 14.6. The Morgan fingerprint density at radius 1 is 1.07 bits per heavy atom. The van der Waals surface area contributed by atoms with E-state index in [1.165, 1.54) is 33.3 Å². The molecule has 0 saturated heterocycles. The third-order valence-corrected chi connectivity index (χ3v) is 4.72. The van der Waals surface area contributed by atoms with Crippen LogP contribution in [0.5, 0.6) is 17.2 Å². The number of carbonyl (C=O) groups is 1. The molecule has 0 fully saturated rings. The highest BCUT2D eigenvalue weighted by molar-refractivity contribution is 5.84. The zero-order chi connectivity index (χ0) is 21.3. The van der Waals surface area contributed by atoms with Crippen molar-refractivity contribution in [2.24, 2.45) is 5.10 Å². The molecule has 2 aromatic carbocycles. The van der Waals surface area contributed by atoms with Gasteiger partial charge in [0.1, 0.15) is 12.1 Å². The topological polar surface area (TPSA) is 100 Å². The van der Waals surface area contributed by atoms with E-state index in [1.807, 2.05) is 24.3 Å². The van der Waals surface area contributed by atoms with Gasteiger partial charge in [-0.2, -0.15) is 5.01 Å². The Morgan fingerprint density at radius 2 is 1.83 bits per heavy atom. The van der Waals surface area contributed by atoms with Crippen LogP contribution in [0.3, 0.4) is 0 Å². The molecule has 3 aromatic rings. The van der Waals surface area contributed by atoms with Gasteiger partial charge in [0, 0.05) is 6.92 Å². The number of fused-ring (bicyclic) bond motifs is 1. The van der Waals surface area contributed by atoms with E-state index in [1.54, 1.807) is 16.8 Å². The number of hydrogen-bond acceptors (Lipinski definition) is 8. The highest BCUT2D eigenvalue weighted by Gasteiger charge is 2.36. The second kappa shape index (κ2) is 7.90. The van der Waals surface area contributed by atoms with Crippen molar-refractivity contribution in [3.8, 4) is 17.2 Å². The highest BCUT2D eigenvalue weighted by Crippen LogP contribution is 2.44. The fourth-order valence-corrected chi connectivity index (χ4v) is 3.36. The van der Waals surface area contributed by atoms with Crippen LogP contribution in [0, 0.1) is 0 Å². The van der Waals surface area contributed by atoms with E-state index in [9.17, 15) is 4.79 Å². The Morgan fingerprint density at radius 3 is 2.53 bits per heavy atom. The fourth-order valence-electron chi connectivity index (χ4n) is 3.36. The first kappa shape index (κ1) is 19.5. The minimum atomic E-state index is -0.818. The lowest BCUT2D eigenvalue weighted by molar-refractivity contribution is -0.135. The van der Waals surface area contributed by atoms with Crippen LogP contribution in [0.15, 0.2) is 41.5 Å². The van der Waals surface area contributed by atoms with Crippen LogP contribution in [0.4, 0.5) is 0 Å². The molecule has 1 atom stereocenters. The number of carbonyl (C=O) groups excluding carboxylic acids is 1. The van der Waals surface area contributed by atoms with Crippen molar-refractivity contribution in [2.75, 3.05) is 21.3 Å². The van der Waals surface area contributed by atoms with E-state index in [0.29, 0.717) is 28.7 Å². The van der Waals surface area contributed by atoms with Crippen molar-refractivity contribution in [1.82, 2.24) is 20.0 Å². The minimum Gasteiger partial charge on any atom is -0.493 e. The van der Waals surface area contributed by atoms with Gasteiger partial charge in [0.2, 0.25) is 23.8 Å². The molecular weight excluding hydrogens is 390 g/mol. The average Bonchev–Trinajstić information content (AvgIpc) is 3.37. The molecular formula is C20H21N5O5. The summed E-state index contributed by atoms with van der Waals surface area (Å²) in [5.41, 5.74) is 2.18. The molecule has 10 nitrogen and oxygen atoms in total. The SMILES string of the molecule is COc1ccc([C@@H]2OC(Cn3nnc4ccccc43)=NN2C(C)=O)c(OC)c1OC. The number of benzene rings is 2. The molecule has 1 aromatic heterocycles. The summed E-state index contributed by atoms with van der Waals surface area (Å²) in [4.78, 5) is 12.3. The van der Waals surface area contributed by atoms with Crippen LogP contribution in [-0.4, -0.2) is 53.1 Å². The highest BCUT2D eigenvalue weighted by atomic mass is 16.5. The van der Waals surface area contributed by atoms with Crippen LogP contribution in [-0.2, 0) is 16.1 Å². The summed E-state index contributed by atoms with van der Waals surface area (Å²) in [6.07, 6.45) is -0.818. The van der Waals surface area contributed by atoms with Gasteiger partial charge in [-0.1, -0.05) is 17.3 Å². The Bertz CT molecular complexity index is 1130. The van der Waals surface area contributed by atoms with Crippen molar-refractivity contribution in [3.05, 3.63) is 42.0 Å². The maximum absolute atomic E-state index is 12.3. The summed E-state index contributed by atoms with van der Waals surface area (Å²) in [5, 5.41) is 13.9. The van der Waals surface area contributed by atoms with E-state index in [0.717, 1.165) is 11.0 Å². The Labute approximate surface area is 172 Å². The fraction of sp³-hybridized carbons (Fsp3) is 0.300. The van der Waals surface area contributed by atoms with E-state index in [4.69, 9.17) is 18.9 Å². The second-order valence-corrected chi connectivity index (χ2v) is 6.49. The number of hydrogen-bond donors (Lipinski definition) is 0. The predicted molar refractivity (Wildman–Crippen MR) is 107 cm³/mol. The van der Waals surface area contributed by atoms with E-state index < -0.39 is 6.23 Å². The van der Waals surface area contributed by atoms with Crippen LogP contribution < -0.4 is 14.2 Å². The number of aromatic nitrogens is 3. The quantitative estimate of drug-likeness (QED) is 0.614. The van der Waals surface area contributed by atoms with Gasteiger partial charge in [-0.05, 0) is 24.3 Å². The smallest absolute Gasteiger partial charge is 0.243 e. The van der Waals surface area contributed by atoms with E-state index in [2.05, 4.69) is 15.4 Å². The summed E-state index contributed by atoms with van der Waals surface area (Å²) in [7, 11) is 4.56. The van der Waals surface area contributed by atoms with Crippen molar-refractivity contribution >= 4 is 22.8 Å². The maximum Gasteiger partial charge on any atom is 0.243 e. The molecule has 0 aliphatic carbocycles. The number of rotatable bonds is 6. The van der Waals surface area contributed by atoms with Gasteiger partial charge < -0.3 is 18.9 Å². The molecule has 0 bridgehead atoms. The molecule has 1 aliphatic rings. The molecule has 0 N–H and O–H groups in total. The summed E-state index contributed by atoms with van der Waals surface area (Å²) in [5.74, 6) is 1.34. The molecule has 0 spiro atoms. The number of hydrazone groups is 1. The number of nitrogens with zero attached hydrogens (tertiary/aromatic N) is 5. The maximum atomic E-state index is 12.3. The van der Waals surface area contributed by atoms with Gasteiger partial charge >= 0.3 is 0 Å². The standard InChI is InChI=1S/C20H21N5O5/c1-12(26)25-20(13-9-10-16(27-2)19(29-4)18(13)28-3)30-17(22-25)11-24-15-8-6-5-7-14(15)21-23-24/h5-10,20H,11H2,1-4H3/t20-/m0/s1. The lowest BCUT2D eigenvalue weighted by atomic mass is 10.1. The van der Waals surface area contributed by atoms with Gasteiger partial charge in [0.15, 0.2) is 11.5 Å². The summed E-state index contributed by atoms with van der Waals surface area (Å²) in [6, 6.07) is 11.0. The van der Waals surface area contributed by atoms with Gasteiger partial charge in [0.05, 0.1) is 32.4 Å². The molecule has 4 rings (SSSR count). The third kappa shape index (κ3) is 3.25. The monoisotopic (exact) mass is 411 g/mol. The van der Waals surface area contributed by atoms with Crippen molar-refractivity contribution in [1.29, 1.82) is 0 Å². The number of amides is 1. The van der Waals surface area contributed by atoms with E-state index in [-0.39, 0.29) is 12.5 Å². The molecule has 1 aliphatic heterocycles. The van der Waals surface area contributed by atoms with Crippen LogP contribution in [0.25, 0.3) is 11.0 Å². The lowest BCUT2D eigenvalue weighted by Crippen LogP contribution is -2.25. The molecule has 0 radical (unpaired) electrons. The number of para-hydroxylation sites is 1. The van der Waals surface area contributed by atoms with Gasteiger partial charge in [-0.15, -0.1) is 10.2 Å². The molecule has 1 amide bonds. The van der Waals surface area contributed by atoms with Crippen molar-refractivity contribution in [2.45, 2.75) is 19.7 Å². The molecule has 30 heavy (non-hydrogen) atoms. The first-order valence-electron chi connectivity index (χ1n) is 9.18. The second-order valence-electron chi connectivity index (χ2n) is 6.49. The Kier molecular flexibility index (Phi) is 5.13. The lowest BCUT2D eigenvalue weighted by Gasteiger charge is -2.23. The predicted octanol–water partition coefficient (Wildman–Crippen LogP) is 2.35. The van der Waals surface area contributed by atoms with E-state index >= 15 is 0 Å². The molecule has 0 unspecified atom stereocenters. The summed E-state index contributed by atoms with van der Waals surface area (Å²) < 4.78 is 24.0. The van der Waals surface area contributed by atoms with Crippen LogP contribution in [0.1, 0.15) is 18.7 Å². The normalized spacial score (nSPS) is 15.7. The average molecular weight is 411 g/mol. The largest absolute Gasteiger partial charge is 0.493 e. The first-order valence-corrected chi connectivity index (χ1v) is 9.18. The molecule has 2 heterocycles. The van der Waals surface area contributed by atoms with Gasteiger partial charge in [-0.3, -0.25) is 4.79 Å². The minimum absolute atomic E-state index is 0.219. The summed E-state index contributed by atoms with van der Waals surface area (Å²) in [6.45, 7) is 1.64. The molecule has 0 saturated carbocycles. The third-order valence-electron chi connectivity index (χ3n) is 4.72. The zero-order valence-corrected chi connectivity index (χ0v) is 17.0. The van der Waals surface area contributed by atoms with Crippen molar-refractivity contribution in [3.63, 3.8) is 0 Å². The van der Waals surface area contributed by atoms with Gasteiger partial charge in [0.25, 0.3) is 0 Å². The van der Waals surface area contributed by atoms with Gasteiger partial charge in [-0.25, -0.2) is 4.68 Å². The molecule has 10 heteroatoms. The number of methoxy groups -OCH3 is 3. The van der Waals surface area contributed by atoms with Crippen LogP contribution >= 0.6 is 0 Å². The summed E-state index contributed by atoms with van der Waals surface area (Å²) >= 11 is 0. The molecule has 156 valence electrons. The zero-order valence-electron chi connectivity index (χ0n) is 17.0. The van der Waals surface area contributed by atoms with Crippen LogP contribution in [0.2, 0.25) is 0 Å². The number of ether oxygens (including phenoxy) is 4. The Hall–Kier alpha value is -3.82.